The molecule has 3 aromatic carbocycles. The summed E-state index contributed by atoms with van der Waals surface area (Å²) in [6, 6.07) is 24.2. The first-order valence-electron chi connectivity index (χ1n) is 13.8. The number of aromatic nitrogens is 1. The van der Waals surface area contributed by atoms with E-state index in [0.29, 0.717) is 23.7 Å². The summed E-state index contributed by atoms with van der Waals surface area (Å²) in [6.45, 7) is 7.62. The number of alkyl halides is 3. The van der Waals surface area contributed by atoms with Gasteiger partial charge in [-0.2, -0.15) is 13.2 Å². The maximum absolute atomic E-state index is 13.1. The van der Waals surface area contributed by atoms with E-state index in [1.165, 1.54) is 17.7 Å². The number of nitrogens with one attached hydrogen (secondary N) is 2. The zero-order chi connectivity index (χ0) is 30.1. The fraction of sp³-hybridized carbons (Fsp3) is 0.273. The summed E-state index contributed by atoms with van der Waals surface area (Å²) < 4.78 is 38.7. The lowest BCUT2D eigenvalue weighted by atomic mass is 9.87. The predicted molar refractivity (Wildman–Crippen MR) is 161 cm³/mol. The molecule has 4 aromatic rings. The number of fused-ring (bicyclic) bond motifs is 1. The molecular formula is C33H34F3N5O. The Bertz CT molecular complexity index is 1570. The third-order valence-corrected chi connectivity index (χ3v) is 7.77. The molecule has 0 radical (unpaired) electrons. The number of amides is 2. The van der Waals surface area contributed by atoms with Crippen molar-refractivity contribution in [3.8, 4) is 0 Å². The molecule has 0 saturated carbocycles. The summed E-state index contributed by atoms with van der Waals surface area (Å²) >= 11 is 0. The molecule has 1 aromatic heterocycles. The van der Waals surface area contributed by atoms with E-state index in [0.717, 1.165) is 35.5 Å². The molecular weight excluding hydrogens is 539 g/mol. The molecule has 9 heteroatoms. The summed E-state index contributed by atoms with van der Waals surface area (Å²) in [5.41, 5.74) is 4.55. The van der Waals surface area contributed by atoms with Gasteiger partial charge in [-0.25, -0.2) is 9.78 Å². The molecule has 42 heavy (non-hydrogen) atoms. The van der Waals surface area contributed by atoms with Gasteiger partial charge in [0.1, 0.15) is 0 Å². The van der Waals surface area contributed by atoms with Gasteiger partial charge in [0.2, 0.25) is 0 Å². The molecule has 0 spiro atoms. The van der Waals surface area contributed by atoms with E-state index in [4.69, 9.17) is 0 Å². The summed E-state index contributed by atoms with van der Waals surface area (Å²) in [6.07, 6.45) is -2.63. The molecule has 218 valence electrons. The third-order valence-electron chi connectivity index (χ3n) is 7.77. The normalized spacial score (nSPS) is 14.9. The highest BCUT2D eigenvalue weighted by molar-refractivity contribution is 6.02. The van der Waals surface area contributed by atoms with E-state index in [1.807, 2.05) is 61.3 Å². The van der Waals surface area contributed by atoms with Gasteiger partial charge < -0.3 is 15.5 Å². The number of pyridine rings is 1. The van der Waals surface area contributed by atoms with Gasteiger partial charge in [-0.3, -0.25) is 4.90 Å². The second kappa shape index (κ2) is 11.5. The Morgan fingerprint density at radius 1 is 1.00 bits per heavy atom. The molecule has 2 heterocycles. The van der Waals surface area contributed by atoms with Gasteiger partial charge in [0.15, 0.2) is 5.82 Å². The van der Waals surface area contributed by atoms with E-state index in [1.54, 1.807) is 12.3 Å². The van der Waals surface area contributed by atoms with Crippen molar-refractivity contribution in [2.75, 3.05) is 29.1 Å². The molecule has 2 N–H and O–H groups in total. The van der Waals surface area contributed by atoms with Crippen molar-refractivity contribution in [1.82, 2.24) is 9.88 Å². The van der Waals surface area contributed by atoms with Crippen molar-refractivity contribution in [3.63, 3.8) is 0 Å². The SMILES string of the molecule is CC(c1cccc(NC(=O)Nc2cccnc2N2CC(C)(C)c3ccccc32)c1)N(C)Cc1ccc(C(F)(F)F)cc1. The smallest absolute Gasteiger partial charge is 0.324 e. The molecule has 5 rings (SSSR count). The molecule has 0 saturated heterocycles. The lowest BCUT2D eigenvalue weighted by molar-refractivity contribution is -0.137. The van der Waals surface area contributed by atoms with Crippen LogP contribution in [0.4, 0.5) is 40.8 Å². The van der Waals surface area contributed by atoms with Gasteiger partial charge >= 0.3 is 12.2 Å². The minimum absolute atomic E-state index is 0.0550. The first kappa shape index (κ1) is 29.1. The Labute approximate surface area is 244 Å². The highest BCUT2D eigenvalue weighted by atomic mass is 19.4. The fourth-order valence-electron chi connectivity index (χ4n) is 5.39. The van der Waals surface area contributed by atoms with E-state index in [9.17, 15) is 18.0 Å². The number of hydrogen-bond acceptors (Lipinski definition) is 4. The second-order valence-electron chi connectivity index (χ2n) is 11.4. The minimum Gasteiger partial charge on any atom is -0.324 e. The van der Waals surface area contributed by atoms with Crippen LogP contribution in [0.5, 0.6) is 0 Å². The molecule has 2 amide bonds. The summed E-state index contributed by atoms with van der Waals surface area (Å²) in [5, 5.41) is 5.90. The van der Waals surface area contributed by atoms with Crippen LogP contribution in [0.25, 0.3) is 0 Å². The van der Waals surface area contributed by atoms with Crippen LogP contribution in [0.3, 0.4) is 0 Å². The van der Waals surface area contributed by atoms with Crippen LogP contribution in [0, 0.1) is 0 Å². The van der Waals surface area contributed by atoms with Crippen LogP contribution >= 0.6 is 0 Å². The van der Waals surface area contributed by atoms with Crippen LogP contribution in [-0.4, -0.2) is 29.5 Å². The standard InChI is InChI=1S/C33H34F3N5O/c1-22(40(4)20-23-14-16-25(17-15-23)33(34,35)36)24-9-7-10-26(19-24)38-31(42)39-28-12-8-18-37-30(28)41-21-32(2,3)27-11-5-6-13-29(27)41/h5-19,22H,20-21H2,1-4H3,(H2,38,39,42). The van der Waals surface area contributed by atoms with Crippen molar-refractivity contribution in [2.24, 2.45) is 0 Å². The van der Waals surface area contributed by atoms with Crippen molar-refractivity contribution in [3.05, 3.63) is 113 Å². The number of benzene rings is 3. The number of carbonyl (C=O) groups excluding carboxylic acids is 1. The first-order valence-corrected chi connectivity index (χ1v) is 13.8. The third kappa shape index (κ3) is 6.26. The number of halogens is 3. The van der Waals surface area contributed by atoms with Crippen molar-refractivity contribution in [1.29, 1.82) is 0 Å². The number of urea groups is 1. The van der Waals surface area contributed by atoms with Gasteiger partial charge in [-0.1, -0.05) is 56.3 Å². The Morgan fingerprint density at radius 3 is 2.48 bits per heavy atom. The highest BCUT2D eigenvalue weighted by Crippen LogP contribution is 2.45. The zero-order valence-electron chi connectivity index (χ0n) is 24.0. The number of carbonyl (C=O) groups is 1. The maximum Gasteiger partial charge on any atom is 0.416 e. The van der Waals surface area contributed by atoms with Crippen LogP contribution < -0.4 is 15.5 Å². The van der Waals surface area contributed by atoms with Gasteiger partial charge in [-0.15, -0.1) is 0 Å². The fourth-order valence-corrected chi connectivity index (χ4v) is 5.39. The molecule has 1 atom stereocenters. The molecule has 0 aliphatic carbocycles. The number of anilines is 4. The van der Waals surface area contributed by atoms with Gasteiger partial charge in [-0.05, 0) is 73.1 Å². The maximum atomic E-state index is 13.1. The van der Waals surface area contributed by atoms with Crippen molar-refractivity contribution >= 4 is 28.9 Å². The lowest BCUT2D eigenvalue weighted by Crippen LogP contribution is -2.27. The Morgan fingerprint density at radius 2 is 1.74 bits per heavy atom. The lowest BCUT2D eigenvalue weighted by Gasteiger charge is -2.26. The number of nitrogens with zero attached hydrogens (tertiary/aromatic N) is 3. The van der Waals surface area contributed by atoms with Crippen LogP contribution in [-0.2, 0) is 18.1 Å². The van der Waals surface area contributed by atoms with Gasteiger partial charge in [0.05, 0.1) is 11.3 Å². The number of rotatable bonds is 7. The van der Waals surface area contributed by atoms with E-state index < -0.39 is 11.7 Å². The zero-order valence-corrected chi connectivity index (χ0v) is 24.0. The van der Waals surface area contributed by atoms with Crippen LogP contribution in [0.1, 0.15) is 49.1 Å². The average molecular weight is 574 g/mol. The predicted octanol–water partition coefficient (Wildman–Crippen LogP) is 8.37. The van der Waals surface area contributed by atoms with Crippen molar-refractivity contribution < 1.29 is 18.0 Å². The Hall–Kier alpha value is -4.37. The second-order valence-corrected chi connectivity index (χ2v) is 11.4. The largest absolute Gasteiger partial charge is 0.416 e. The first-order chi connectivity index (χ1) is 19.9. The van der Waals surface area contributed by atoms with Crippen LogP contribution in [0.15, 0.2) is 91.1 Å². The summed E-state index contributed by atoms with van der Waals surface area (Å²) in [7, 11) is 1.91. The molecule has 0 fully saturated rings. The van der Waals surface area contributed by atoms with Crippen LogP contribution in [0.2, 0.25) is 0 Å². The van der Waals surface area contributed by atoms with Gasteiger partial charge in [0, 0.05) is 42.1 Å². The van der Waals surface area contributed by atoms with E-state index in [-0.39, 0.29) is 17.5 Å². The molecule has 6 nitrogen and oxygen atoms in total. The molecule has 1 aliphatic rings. The van der Waals surface area contributed by atoms with E-state index >= 15 is 0 Å². The average Bonchev–Trinajstić information content (AvgIpc) is 3.23. The number of hydrogen-bond donors (Lipinski definition) is 2. The Balaban J connectivity index is 1.26. The van der Waals surface area contributed by atoms with E-state index in [2.05, 4.69) is 46.5 Å². The summed E-state index contributed by atoms with van der Waals surface area (Å²) in [4.78, 5) is 21.9. The molecule has 1 unspecified atom stereocenters. The highest BCUT2D eigenvalue weighted by Gasteiger charge is 2.37. The van der Waals surface area contributed by atoms with Gasteiger partial charge in [0.25, 0.3) is 0 Å². The monoisotopic (exact) mass is 573 g/mol. The Kier molecular flexibility index (Phi) is 7.97. The molecule has 0 bridgehead atoms. The summed E-state index contributed by atoms with van der Waals surface area (Å²) in [5.74, 6) is 0.679. The van der Waals surface area contributed by atoms with Crippen molar-refractivity contribution in [2.45, 2.75) is 44.9 Å². The molecule has 1 aliphatic heterocycles. The number of para-hydroxylation sites is 1. The topological polar surface area (TPSA) is 60.5 Å². The quantitative estimate of drug-likeness (QED) is 0.233. The minimum atomic E-state index is -4.35.